The van der Waals surface area contributed by atoms with E-state index in [9.17, 15) is 9.50 Å². The van der Waals surface area contributed by atoms with E-state index < -0.39 is 11.4 Å². The molecule has 0 aromatic heterocycles. The molecule has 1 aliphatic rings. The van der Waals surface area contributed by atoms with Crippen molar-refractivity contribution in [2.75, 3.05) is 13.2 Å². The zero-order chi connectivity index (χ0) is 10.9. The highest BCUT2D eigenvalue weighted by Crippen LogP contribution is 2.35. The van der Waals surface area contributed by atoms with Crippen molar-refractivity contribution in [2.24, 2.45) is 0 Å². The summed E-state index contributed by atoms with van der Waals surface area (Å²) in [6.45, 7) is 0.811. The second-order valence-corrected chi connectivity index (χ2v) is 4.22. The van der Waals surface area contributed by atoms with E-state index in [4.69, 9.17) is 16.3 Å². The summed E-state index contributed by atoms with van der Waals surface area (Å²) in [4.78, 5) is 0. The summed E-state index contributed by atoms with van der Waals surface area (Å²) in [5.41, 5.74) is -0.721. The van der Waals surface area contributed by atoms with Gasteiger partial charge in [-0.1, -0.05) is 11.6 Å². The van der Waals surface area contributed by atoms with Gasteiger partial charge in [-0.3, -0.25) is 0 Å². The lowest BCUT2D eigenvalue weighted by atomic mass is 9.88. The van der Waals surface area contributed by atoms with Gasteiger partial charge in [0.1, 0.15) is 11.4 Å². The Morgan fingerprint density at radius 2 is 2.27 bits per heavy atom. The van der Waals surface area contributed by atoms with Gasteiger partial charge in [-0.2, -0.15) is 0 Å². The molecular formula is C11H12ClFO2. The number of halogens is 2. The highest BCUT2D eigenvalue weighted by atomic mass is 35.5. The van der Waals surface area contributed by atoms with Crippen LogP contribution in [0.25, 0.3) is 0 Å². The van der Waals surface area contributed by atoms with Crippen molar-refractivity contribution in [2.45, 2.75) is 18.4 Å². The topological polar surface area (TPSA) is 29.5 Å². The molecule has 0 radical (unpaired) electrons. The fourth-order valence-electron chi connectivity index (χ4n) is 1.85. The van der Waals surface area contributed by atoms with Gasteiger partial charge >= 0.3 is 0 Å². The Balaban J connectivity index is 2.38. The molecular weight excluding hydrogens is 219 g/mol. The van der Waals surface area contributed by atoms with E-state index >= 15 is 0 Å². The second kappa shape index (κ2) is 4.08. The van der Waals surface area contributed by atoms with Crippen molar-refractivity contribution >= 4 is 11.6 Å². The zero-order valence-electron chi connectivity index (χ0n) is 8.17. The molecule has 1 fully saturated rings. The molecule has 0 bridgehead atoms. The van der Waals surface area contributed by atoms with Gasteiger partial charge in [-0.25, -0.2) is 4.39 Å². The van der Waals surface area contributed by atoms with Crippen molar-refractivity contribution in [3.05, 3.63) is 34.6 Å². The Bertz CT molecular complexity index is 362. The number of hydrogen-bond donors (Lipinski definition) is 1. The summed E-state index contributed by atoms with van der Waals surface area (Å²) in [6.07, 6.45) is 1.31. The highest BCUT2D eigenvalue weighted by molar-refractivity contribution is 6.31. The van der Waals surface area contributed by atoms with E-state index in [2.05, 4.69) is 0 Å². The maximum Gasteiger partial charge on any atom is 0.123 e. The lowest BCUT2D eigenvalue weighted by Crippen LogP contribution is -2.36. The molecule has 15 heavy (non-hydrogen) atoms. The molecule has 1 unspecified atom stereocenters. The van der Waals surface area contributed by atoms with Gasteiger partial charge in [0.15, 0.2) is 0 Å². The van der Waals surface area contributed by atoms with Crippen molar-refractivity contribution in [3.63, 3.8) is 0 Å². The first-order valence-electron chi connectivity index (χ1n) is 4.87. The van der Waals surface area contributed by atoms with Crippen molar-refractivity contribution < 1.29 is 14.2 Å². The average molecular weight is 231 g/mol. The van der Waals surface area contributed by atoms with Crippen molar-refractivity contribution in [1.29, 1.82) is 0 Å². The molecule has 0 amide bonds. The lowest BCUT2D eigenvalue weighted by Gasteiger charge is -2.32. The third kappa shape index (κ3) is 2.14. The van der Waals surface area contributed by atoms with Crippen LogP contribution in [-0.4, -0.2) is 18.3 Å². The molecule has 1 aliphatic heterocycles. The SMILES string of the molecule is OC1(c2cc(F)ccc2Cl)CCCOC1. The van der Waals surface area contributed by atoms with Crippen LogP contribution in [0, 0.1) is 5.82 Å². The Morgan fingerprint density at radius 3 is 2.93 bits per heavy atom. The molecule has 4 heteroatoms. The van der Waals surface area contributed by atoms with Crippen LogP contribution in [0.15, 0.2) is 18.2 Å². The Morgan fingerprint density at radius 1 is 1.47 bits per heavy atom. The normalized spacial score (nSPS) is 26.6. The minimum absolute atomic E-state index is 0.177. The molecule has 1 atom stereocenters. The van der Waals surface area contributed by atoms with Gasteiger partial charge in [0.25, 0.3) is 0 Å². The molecule has 0 aliphatic carbocycles. The first-order chi connectivity index (χ1) is 7.12. The quantitative estimate of drug-likeness (QED) is 0.803. The van der Waals surface area contributed by atoms with Crippen LogP contribution >= 0.6 is 11.6 Å². The van der Waals surface area contributed by atoms with Crippen LogP contribution in [0.2, 0.25) is 5.02 Å². The van der Waals surface area contributed by atoms with Crippen molar-refractivity contribution in [1.82, 2.24) is 0 Å². The molecule has 1 saturated heterocycles. The average Bonchev–Trinajstić information content (AvgIpc) is 2.23. The van der Waals surface area contributed by atoms with Crippen LogP contribution in [0.3, 0.4) is 0 Å². The van der Waals surface area contributed by atoms with Gasteiger partial charge in [0, 0.05) is 17.2 Å². The fraction of sp³-hybridized carbons (Fsp3) is 0.455. The van der Waals surface area contributed by atoms with Gasteiger partial charge < -0.3 is 9.84 Å². The Labute approximate surface area is 92.6 Å². The number of rotatable bonds is 1. The third-order valence-electron chi connectivity index (χ3n) is 2.65. The minimum Gasteiger partial charge on any atom is -0.383 e. The summed E-state index contributed by atoms with van der Waals surface area (Å²) >= 11 is 5.94. The zero-order valence-corrected chi connectivity index (χ0v) is 8.93. The summed E-state index contributed by atoms with van der Waals surface area (Å²) in [7, 11) is 0. The van der Waals surface area contributed by atoms with E-state index in [1.807, 2.05) is 0 Å². The predicted octanol–water partition coefficient (Wildman–Crippen LogP) is 2.48. The smallest absolute Gasteiger partial charge is 0.123 e. The second-order valence-electron chi connectivity index (χ2n) is 3.81. The fourth-order valence-corrected chi connectivity index (χ4v) is 2.14. The summed E-state index contributed by atoms with van der Waals surface area (Å²) in [5, 5.41) is 10.7. The first-order valence-corrected chi connectivity index (χ1v) is 5.25. The Kier molecular flexibility index (Phi) is 2.96. The lowest BCUT2D eigenvalue weighted by molar-refractivity contribution is -0.0903. The van der Waals surface area contributed by atoms with E-state index in [1.54, 1.807) is 0 Å². The van der Waals surface area contributed by atoms with Gasteiger partial charge in [0.2, 0.25) is 0 Å². The maximum atomic E-state index is 13.1. The van der Waals surface area contributed by atoms with Crippen LogP contribution < -0.4 is 0 Å². The summed E-state index contributed by atoms with van der Waals surface area (Å²) in [5.74, 6) is -0.395. The van der Waals surface area contributed by atoms with Crippen LogP contribution in [-0.2, 0) is 10.3 Å². The van der Waals surface area contributed by atoms with Crippen LogP contribution in [0.5, 0.6) is 0 Å². The van der Waals surface area contributed by atoms with Crippen molar-refractivity contribution in [3.8, 4) is 0 Å². The molecule has 0 saturated carbocycles. The third-order valence-corrected chi connectivity index (χ3v) is 2.98. The highest BCUT2D eigenvalue weighted by Gasteiger charge is 2.34. The molecule has 1 aromatic rings. The van der Waals surface area contributed by atoms with E-state index in [0.29, 0.717) is 23.6 Å². The van der Waals surface area contributed by atoms with E-state index in [1.165, 1.54) is 18.2 Å². The molecule has 2 nitrogen and oxygen atoms in total. The van der Waals surface area contributed by atoms with Crippen LogP contribution in [0.1, 0.15) is 18.4 Å². The number of ether oxygens (including phenoxy) is 1. The number of aliphatic hydroxyl groups is 1. The molecule has 1 heterocycles. The number of benzene rings is 1. The molecule has 2 rings (SSSR count). The standard InChI is InChI=1S/C11H12ClFO2/c12-10-3-2-8(13)6-9(10)11(14)4-1-5-15-7-11/h2-3,6,14H,1,4-5,7H2. The number of hydrogen-bond acceptors (Lipinski definition) is 2. The predicted molar refractivity (Wildman–Crippen MR) is 55.4 cm³/mol. The van der Waals surface area contributed by atoms with Gasteiger partial charge in [0.05, 0.1) is 6.61 Å². The maximum absolute atomic E-state index is 13.1. The van der Waals surface area contributed by atoms with Crippen LogP contribution in [0.4, 0.5) is 4.39 Å². The van der Waals surface area contributed by atoms with Gasteiger partial charge in [-0.05, 0) is 31.0 Å². The molecule has 1 aromatic carbocycles. The largest absolute Gasteiger partial charge is 0.383 e. The Hall–Kier alpha value is -0.640. The summed E-state index contributed by atoms with van der Waals surface area (Å²) < 4.78 is 18.3. The molecule has 82 valence electrons. The first kappa shape index (κ1) is 10.9. The van der Waals surface area contributed by atoms with E-state index in [-0.39, 0.29) is 6.61 Å². The molecule has 0 spiro atoms. The van der Waals surface area contributed by atoms with Gasteiger partial charge in [-0.15, -0.1) is 0 Å². The monoisotopic (exact) mass is 230 g/mol. The molecule has 1 N–H and O–H groups in total. The van der Waals surface area contributed by atoms with E-state index in [0.717, 1.165) is 6.42 Å². The summed E-state index contributed by atoms with van der Waals surface area (Å²) in [6, 6.07) is 4.01. The minimum atomic E-state index is -1.14.